The number of hydrogen-bond donors (Lipinski definition) is 0. The zero-order chi connectivity index (χ0) is 13.7. The summed E-state index contributed by atoms with van der Waals surface area (Å²) in [6, 6.07) is 5.46. The van der Waals surface area contributed by atoms with Crippen molar-refractivity contribution in [3.8, 4) is 5.75 Å². The van der Waals surface area contributed by atoms with Gasteiger partial charge < -0.3 is 9.47 Å². The average Bonchev–Trinajstić information content (AvgIpc) is 2.38. The van der Waals surface area contributed by atoms with Crippen LogP contribution in [0.1, 0.15) is 24.1 Å². The number of ether oxygens (including phenoxy) is 2. The highest BCUT2D eigenvalue weighted by molar-refractivity contribution is 5.78. The molecule has 0 fully saturated rings. The molecule has 0 radical (unpaired) electrons. The van der Waals surface area contributed by atoms with Crippen LogP contribution < -0.4 is 4.74 Å². The molecule has 4 heteroatoms. The molecule has 0 spiro atoms. The lowest BCUT2D eigenvalue weighted by molar-refractivity contribution is -0.146. The van der Waals surface area contributed by atoms with Crippen molar-refractivity contribution in [2.24, 2.45) is 0 Å². The summed E-state index contributed by atoms with van der Waals surface area (Å²) >= 11 is 0. The molecular formula is C14H21NO3. The van der Waals surface area contributed by atoms with Gasteiger partial charge in [-0.3, -0.25) is 4.90 Å². The molecule has 0 N–H and O–H groups in total. The lowest BCUT2D eigenvalue weighted by Gasteiger charge is -2.24. The Labute approximate surface area is 108 Å². The van der Waals surface area contributed by atoms with Gasteiger partial charge >= 0.3 is 5.97 Å². The van der Waals surface area contributed by atoms with E-state index in [1.807, 2.05) is 37.2 Å². The van der Waals surface area contributed by atoms with Gasteiger partial charge in [0.05, 0.1) is 14.2 Å². The second-order valence-corrected chi connectivity index (χ2v) is 4.32. The van der Waals surface area contributed by atoms with Crippen LogP contribution >= 0.6 is 0 Å². The van der Waals surface area contributed by atoms with Crippen molar-refractivity contribution in [3.63, 3.8) is 0 Å². The first-order valence-electron chi connectivity index (χ1n) is 5.96. The number of benzene rings is 1. The molecule has 0 aliphatic heterocycles. The maximum atomic E-state index is 11.9. The third kappa shape index (κ3) is 3.01. The number of nitrogens with zero attached hydrogens (tertiary/aromatic N) is 1. The molecule has 1 atom stereocenters. The lowest BCUT2D eigenvalue weighted by Crippen LogP contribution is -2.29. The molecule has 1 aromatic rings. The number of hydrogen-bond acceptors (Lipinski definition) is 4. The summed E-state index contributed by atoms with van der Waals surface area (Å²) < 4.78 is 10.2. The Balaban J connectivity index is 3.28. The monoisotopic (exact) mass is 251 g/mol. The van der Waals surface area contributed by atoms with Gasteiger partial charge in [-0.05, 0) is 38.2 Å². The van der Waals surface area contributed by atoms with E-state index in [1.54, 1.807) is 7.11 Å². The molecule has 4 nitrogen and oxygen atoms in total. The fraction of sp³-hybridized carbons (Fsp3) is 0.500. The highest BCUT2D eigenvalue weighted by Crippen LogP contribution is 2.30. The van der Waals surface area contributed by atoms with Crippen LogP contribution in [0.25, 0.3) is 0 Å². The smallest absolute Gasteiger partial charge is 0.327 e. The van der Waals surface area contributed by atoms with Gasteiger partial charge in [0.1, 0.15) is 11.8 Å². The van der Waals surface area contributed by atoms with Crippen molar-refractivity contribution >= 4 is 5.97 Å². The minimum absolute atomic E-state index is 0.286. The number of carbonyl (C=O) groups excluding carboxylic acids is 1. The fourth-order valence-electron chi connectivity index (χ4n) is 1.95. The summed E-state index contributed by atoms with van der Waals surface area (Å²) in [6.45, 7) is 2.08. The van der Waals surface area contributed by atoms with Crippen LogP contribution in [0.5, 0.6) is 5.75 Å². The van der Waals surface area contributed by atoms with Crippen molar-refractivity contribution in [2.45, 2.75) is 19.4 Å². The second kappa shape index (κ2) is 6.40. The Kier molecular flexibility index (Phi) is 5.16. The molecule has 0 aliphatic carbocycles. The number of methoxy groups -OCH3 is 2. The molecule has 0 heterocycles. The Bertz CT molecular complexity index is 416. The normalized spacial score (nSPS) is 12.3. The minimum atomic E-state index is -0.448. The highest BCUT2D eigenvalue weighted by atomic mass is 16.5. The van der Waals surface area contributed by atoms with E-state index in [0.717, 1.165) is 12.0 Å². The zero-order valence-electron chi connectivity index (χ0n) is 11.7. The molecule has 0 saturated carbocycles. The van der Waals surface area contributed by atoms with Gasteiger partial charge in [0.2, 0.25) is 0 Å². The Morgan fingerprint density at radius 1 is 1.33 bits per heavy atom. The topological polar surface area (TPSA) is 38.8 Å². The molecule has 1 aromatic carbocycles. The summed E-state index contributed by atoms with van der Waals surface area (Å²) in [6.07, 6.45) is 0.915. The van der Waals surface area contributed by atoms with Gasteiger partial charge in [-0.25, -0.2) is 4.79 Å². The van der Waals surface area contributed by atoms with Crippen LogP contribution in [0.4, 0.5) is 0 Å². The SMILES string of the molecule is CCc1ccc(OC)c(C(C(=O)OC)N(C)C)c1. The molecule has 0 aliphatic rings. The third-order valence-corrected chi connectivity index (χ3v) is 2.94. The molecule has 0 aromatic heterocycles. The number of aryl methyl sites for hydroxylation is 1. The maximum absolute atomic E-state index is 11.9. The molecule has 0 amide bonds. The first-order chi connectivity index (χ1) is 8.54. The number of rotatable bonds is 5. The summed E-state index contributed by atoms with van der Waals surface area (Å²) in [7, 11) is 6.70. The second-order valence-electron chi connectivity index (χ2n) is 4.32. The van der Waals surface area contributed by atoms with Crippen molar-refractivity contribution in [1.29, 1.82) is 0 Å². The van der Waals surface area contributed by atoms with E-state index < -0.39 is 6.04 Å². The quantitative estimate of drug-likeness (QED) is 0.751. The molecule has 18 heavy (non-hydrogen) atoms. The predicted molar refractivity (Wildman–Crippen MR) is 70.8 cm³/mol. The number of likely N-dealkylation sites (N-methyl/N-ethyl adjacent to an activating group) is 1. The van der Waals surface area contributed by atoms with E-state index in [4.69, 9.17) is 9.47 Å². The molecule has 1 rings (SSSR count). The number of esters is 1. The van der Waals surface area contributed by atoms with Gasteiger partial charge in [-0.15, -0.1) is 0 Å². The molecule has 0 bridgehead atoms. The Morgan fingerprint density at radius 3 is 2.44 bits per heavy atom. The van der Waals surface area contributed by atoms with Crippen LogP contribution in [0, 0.1) is 0 Å². The average molecular weight is 251 g/mol. The van der Waals surface area contributed by atoms with Gasteiger partial charge in [-0.1, -0.05) is 13.0 Å². The largest absolute Gasteiger partial charge is 0.496 e. The van der Waals surface area contributed by atoms with E-state index in [1.165, 1.54) is 12.7 Å². The van der Waals surface area contributed by atoms with Crippen LogP contribution in [0.3, 0.4) is 0 Å². The Morgan fingerprint density at radius 2 is 2.00 bits per heavy atom. The van der Waals surface area contributed by atoms with Crippen LogP contribution in [0.2, 0.25) is 0 Å². The van der Waals surface area contributed by atoms with E-state index in [2.05, 4.69) is 6.92 Å². The summed E-state index contributed by atoms with van der Waals surface area (Å²) in [5.74, 6) is 0.419. The summed E-state index contributed by atoms with van der Waals surface area (Å²) in [5.41, 5.74) is 2.01. The van der Waals surface area contributed by atoms with Crippen molar-refractivity contribution in [1.82, 2.24) is 4.90 Å². The molecule has 100 valence electrons. The summed E-state index contributed by atoms with van der Waals surface area (Å²) in [5, 5.41) is 0. The van der Waals surface area contributed by atoms with Gasteiger partial charge in [0.15, 0.2) is 0 Å². The van der Waals surface area contributed by atoms with Crippen molar-refractivity contribution in [3.05, 3.63) is 29.3 Å². The zero-order valence-corrected chi connectivity index (χ0v) is 11.7. The van der Waals surface area contributed by atoms with Gasteiger partial charge in [-0.2, -0.15) is 0 Å². The van der Waals surface area contributed by atoms with Gasteiger partial charge in [0.25, 0.3) is 0 Å². The van der Waals surface area contributed by atoms with Crippen LogP contribution in [-0.4, -0.2) is 39.2 Å². The van der Waals surface area contributed by atoms with Crippen LogP contribution in [-0.2, 0) is 16.0 Å². The van der Waals surface area contributed by atoms with Crippen molar-refractivity contribution < 1.29 is 14.3 Å². The molecule has 0 saturated heterocycles. The highest BCUT2D eigenvalue weighted by Gasteiger charge is 2.27. The fourth-order valence-corrected chi connectivity index (χ4v) is 1.95. The summed E-state index contributed by atoms with van der Waals surface area (Å²) in [4.78, 5) is 13.7. The van der Waals surface area contributed by atoms with E-state index >= 15 is 0 Å². The van der Waals surface area contributed by atoms with Gasteiger partial charge in [0, 0.05) is 5.56 Å². The van der Waals surface area contributed by atoms with Crippen molar-refractivity contribution in [2.75, 3.05) is 28.3 Å². The van der Waals surface area contributed by atoms with E-state index in [-0.39, 0.29) is 5.97 Å². The minimum Gasteiger partial charge on any atom is -0.496 e. The Hall–Kier alpha value is -1.55. The molecule has 1 unspecified atom stereocenters. The standard InChI is InChI=1S/C14H21NO3/c1-6-10-7-8-12(17-4)11(9-10)13(15(2)3)14(16)18-5/h7-9,13H,6H2,1-5H3. The molecular weight excluding hydrogens is 230 g/mol. The van der Waals surface area contributed by atoms with E-state index in [9.17, 15) is 4.79 Å². The number of carbonyl (C=O) groups is 1. The predicted octanol–water partition coefficient (Wildman–Crippen LogP) is 2.03. The first kappa shape index (κ1) is 14.5. The third-order valence-electron chi connectivity index (χ3n) is 2.94. The lowest BCUT2D eigenvalue weighted by atomic mass is 10.0. The van der Waals surface area contributed by atoms with E-state index in [0.29, 0.717) is 5.75 Å². The maximum Gasteiger partial charge on any atom is 0.327 e. The first-order valence-corrected chi connectivity index (χ1v) is 5.96. The van der Waals surface area contributed by atoms with Crippen LogP contribution in [0.15, 0.2) is 18.2 Å².